The van der Waals surface area contributed by atoms with Crippen LogP contribution < -0.4 is 5.32 Å². The maximum Gasteiger partial charge on any atom is 0.0462 e. The van der Waals surface area contributed by atoms with Gasteiger partial charge in [0.05, 0.1) is 0 Å². The summed E-state index contributed by atoms with van der Waals surface area (Å²) in [6.07, 6.45) is 5.04. The summed E-state index contributed by atoms with van der Waals surface area (Å²) < 4.78 is 1.13. The highest BCUT2D eigenvalue weighted by molar-refractivity contribution is 9.10. The molecule has 0 bridgehead atoms. The van der Waals surface area contributed by atoms with Gasteiger partial charge >= 0.3 is 0 Å². The van der Waals surface area contributed by atoms with E-state index in [1.54, 1.807) is 0 Å². The van der Waals surface area contributed by atoms with Crippen molar-refractivity contribution >= 4 is 15.9 Å². The van der Waals surface area contributed by atoms with E-state index in [0.717, 1.165) is 11.0 Å². The molecule has 1 aliphatic carbocycles. The topological polar surface area (TPSA) is 32.3 Å². The summed E-state index contributed by atoms with van der Waals surface area (Å²) in [7, 11) is 0. The Labute approximate surface area is 124 Å². The molecule has 0 aromatic heterocycles. The van der Waals surface area contributed by atoms with Gasteiger partial charge in [0.25, 0.3) is 0 Å². The Balaban J connectivity index is 1.87. The normalized spacial score (nSPS) is 25.2. The van der Waals surface area contributed by atoms with Gasteiger partial charge in [-0.05, 0) is 55.8 Å². The summed E-state index contributed by atoms with van der Waals surface area (Å²) in [5, 5.41) is 13.1. The molecular weight excluding hydrogens is 302 g/mol. The molecule has 0 heterocycles. The Kier molecular flexibility index (Phi) is 5.86. The fraction of sp³-hybridized carbons (Fsp3) is 0.625. The maximum atomic E-state index is 9.45. The molecule has 1 aromatic carbocycles. The van der Waals surface area contributed by atoms with Crippen LogP contribution in [-0.4, -0.2) is 18.3 Å². The van der Waals surface area contributed by atoms with Gasteiger partial charge in [-0.1, -0.05) is 40.9 Å². The van der Waals surface area contributed by atoms with Crippen LogP contribution in [-0.2, 0) is 0 Å². The molecule has 1 saturated carbocycles. The number of hydrogen-bond donors (Lipinski definition) is 2. The average Bonchev–Trinajstić information content (AvgIpc) is 2.45. The van der Waals surface area contributed by atoms with Crippen LogP contribution in [0.5, 0.6) is 0 Å². The van der Waals surface area contributed by atoms with Gasteiger partial charge in [0, 0.05) is 17.1 Å². The summed E-state index contributed by atoms with van der Waals surface area (Å²) in [4.78, 5) is 0. The lowest BCUT2D eigenvalue weighted by atomic mass is 9.79. The van der Waals surface area contributed by atoms with E-state index < -0.39 is 0 Å². The third-order valence-electron chi connectivity index (χ3n) is 4.34. The molecule has 0 spiro atoms. The second-order valence-corrected chi connectivity index (χ2v) is 6.59. The second kappa shape index (κ2) is 7.41. The molecule has 2 rings (SSSR count). The first-order valence-electron chi connectivity index (χ1n) is 7.30. The molecule has 106 valence electrons. The van der Waals surface area contributed by atoms with Crippen LogP contribution in [0.15, 0.2) is 28.7 Å². The summed E-state index contributed by atoms with van der Waals surface area (Å²) in [5.41, 5.74) is 1.31. The summed E-state index contributed by atoms with van der Waals surface area (Å²) >= 11 is 3.52. The van der Waals surface area contributed by atoms with Crippen molar-refractivity contribution in [1.82, 2.24) is 5.32 Å². The third-order valence-corrected chi connectivity index (χ3v) is 4.83. The molecule has 3 atom stereocenters. The largest absolute Gasteiger partial charge is 0.396 e. The molecule has 0 aliphatic heterocycles. The Hall–Kier alpha value is -0.380. The van der Waals surface area contributed by atoms with Crippen molar-refractivity contribution in [3.63, 3.8) is 0 Å². The van der Waals surface area contributed by atoms with Crippen molar-refractivity contribution in [2.45, 2.75) is 38.6 Å². The lowest BCUT2D eigenvalue weighted by Crippen LogP contribution is -2.33. The molecule has 3 heteroatoms. The van der Waals surface area contributed by atoms with E-state index in [1.165, 1.54) is 31.2 Å². The molecule has 3 unspecified atom stereocenters. The zero-order chi connectivity index (χ0) is 13.7. The highest BCUT2D eigenvalue weighted by atomic mass is 79.9. The first-order chi connectivity index (χ1) is 9.20. The Bertz CT molecular complexity index is 396. The number of nitrogens with one attached hydrogen (secondary N) is 1. The smallest absolute Gasteiger partial charge is 0.0462 e. The summed E-state index contributed by atoms with van der Waals surface area (Å²) in [5.74, 6) is 1.13. The Morgan fingerprint density at radius 2 is 2.05 bits per heavy atom. The molecule has 1 aliphatic rings. The van der Waals surface area contributed by atoms with Gasteiger partial charge in [-0.15, -0.1) is 0 Å². The van der Waals surface area contributed by atoms with Crippen LogP contribution in [0.1, 0.15) is 44.2 Å². The molecule has 0 radical (unpaired) electrons. The highest BCUT2D eigenvalue weighted by Gasteiger charge is 2.24. The monoisotopic (exact) mass is 325 g/mol. The van der Waals surface area contributed by atoms with E-state index in [1.807, 2.05) is 0 Å². The standard InChI is InChI=1S/C16H24BrNO/c1-12(13-7-4-8-16(17)9-13)18-10-14-5-2-3-6-15(14)11-19/h4,7-9,12,14-15,18-19H,2-3,5-6,10-11H2,1H3. The van der Waals surface area contributed by atoms with Crippen molar-refractivity contribution in [3.05, 3.63) is 34.3 Å². The zero-order valence-electron chi connectivity index (χ0n) is 11.6. The molecule has 1 fully saturated rings. The van der Waals surface area contributed by atoms with Crippen LogP contribution in [0.2, 0.25) is 0 Å². The predicted octanol–water partition coefficient (Wildman–Crippen LogP) is 3.90. The number of rotatable bonds is 5. The molecule has 2 N–H and O–H groups in total. The molecular formula is C16H24BrNO. The van der Waals surface area contributed by atoms with Crippen molar-refractivity contribution in [2.24, 2.45) is 11.8 Å². The molecule has 0 amide bonds. The van der Waals surface area contributed by atoms with Crippen LogP contribution in [0, 0.1) is 11.8 Å². The Morgan fingerprint density at radius 1 is 1.32 bits per heavy atom. The third kappa shape index (κ3) is 4.30. The average molecular weight is 326 g/mol. The SMILES string of the molecule is CC(NCC1CCCCC1CO)c1cccc(Br)c1. The minimum Gasteiger partial charge on any atom is -0.396 e. The van der Waals surface area contributed by atoms with Gasteiger partial charge in [-0.2, -0.15) is 0 Å². The highest BCUT2D eigenvalue weighted by Crippen LogP contribution is 2.29. The first kappa shape index (κ1) is 15.0. The number of hydrogen-bond acceptors (Lipinski definition) is 2. The quantitative estimate of drug-likeness (QED) is 0.860. The van der Waals surface area contributed by atoms with Gasteiger partial charge in [0.2, 0.25) is 0 Å². The number of aliphatic hydroxyl groups is 1. The zero-order valence-corrected chi connectivity index (χ0v) is 13.2. The predicted molar refractivity (Wildman–Crippen MR) is 83.1 cm³/mol. The van der Waals surface area contributed by atoms with E-state index >= 15 is 0 Å². The fourth-order valence-electron chi connectivity index (χ4n) is 3.02. The summed E-state index contributed by atoms with van der Waals surface area (Å²) in [6, 6.07) is 8.82. The van der Waals surface area contributed by atoms with Crippen molar-refractivity contribution in [3.8, 4) is 0 Å². The van der Waals surface area contributed by atoms with Crippen molar-refractivity contribution in [2.75, 3.05) is 13.2 Å². The molecule has 2 nitrogen and oxygen atoms in total. The van der Waals surface area contributed by atoms with Gasteiger partial charge in [-0.3, -0.25) is 0 Å². The second-order valence-electron chi connectivity index (χ2n) is 5.67. The maximum absolute atomic E-state index is 9.45. The van der Waals surface area contributed by atoms with Crippen LogP contribution >= 0.6 is 15.9 Å². The lowest BCUT2D eigenvalue weighted by molar-refractivity contribution is 0.131. The van der Waals surface area contributed by atoms with E-state index in [2.05, 4.69) is 52.4 Å². The van der Waals surface area contributed by atoms with Crippen LogP contribution in [0.3, 0.4) is 0 Å². The van der Waals surface area contributed by atoms with Gasteiger partial charge in [0.15, 0.2) is 0 Å². The van der Waals surface area contributed by atoms with Crippen molar-refractivity contribution in [1.29, 1.82) is 0 Å². The van der Waals surface area contributed by atoms with Crippen LogP contribution in [0.4, 0.5) is 0 Å². The fourth-order valence-corrected chi connectivity index (χ4v) is 3.43. The van der Waals surface area contributed by atoms with E-state index in [9.17, 15) is 5.11 Å². The van der Waals surface area contributed by atoms with Crippen molar-refractivity contribution < 1.29 is 5.11 Å². The molecule has 1 aromatic rings. The first-order valence-corrected chi connectivity index (χ1v) is 8.09. The minimum atomic E-state index is 0.345. The van der Waals surface area contributed by atoms with Gasteiger partial charge < -0.3 is 10.4 Å². The number of aliphatic hydroxyl groups excluding tert-OH is 1. The minimum absolute atomic E-state index is 0.345. The Morgan fingerprint density at radius 3 is 2.74 bits per heavy atom. The number of halogens is 1. The van der Waals surface area contributed by atoms with E-state index in [0.29, 0.717) is 24.5 Å². The van der Waals surface area contributed by atoms with Gasteiger partial charge in [-0.25, -0.2) is 0 Å². The molecule has 0 saturated heterocycles. The van der Waals surface area contributed by atoms with E-state index in [4.69, 9.17) is 0 Å². The molecule has 19 heavy (non-hydrogen) atoms. The lowest BCUT2D eigenvalue weighted by Gasteiger charge is -2.31. The number of benzene rings is 1. The summed E-state index contributed by atoms with van der Waals surface area (Å²) in [6.45, 7) is 3.56. The van der Waals surface area contributed by atoms with Crippen LogP contribution in [0.25, 0.3) is 0 Å². The van der Waals surface area contributed by atoms with E-state index in [-0.39, 0.29) is 0 Å². The van der Waals surface area contributed by atoms with Gasteiger partial charge in [0.1, 0.15) is 0 Å².